The van der Waals surface area contributed by atoms with Crippen molar-refractivity contribution >= 4 is 17.2 Å². The number of imidazole rings is 1. The molecule has 3 aromatic heterocycles. The minimum atomic E-state index is -0.0895. The first kappa shape index (κ1) is 16.9. The van der Waals surface area contributed by atoms with E-state index in [0.29, 0.717) is 11.5 Å². The van der Waals surface area contributed by atoms with Crippen LogP contribution in [-0.2, 0) is 18.8 Å². The smallest absolute Gasteiger partial charge is 0.263 e. The maximum atomic E-state index is 12.6. The minimum Gasteiger partial charge on any atom is -0.372 e. The Morgan fingerprint density at radius 2 is 2.23 bits per heavy atom. The molecule has 0 radical (unpaired) electrons. The largest absolute Gasteiger partial charge is 0.372 e. The summed E-state index contributed by atoms with van der Waals surface area (Å²) in [5, 5.41) is 8.05. The van der Waals surface area contributed by atoms with Gasteiger partial charge in [-0.25, -0.2) is 9.97 Å². The number of hydrogen-bond donors (Lipinski definition) is 1. The van der Waals surface area contributed by atoms with Crippen molar-refractivity contribution in [3.63, 3.8) is 0 Å². The Hall–Kier alpha value is -2.52. The van der Waals surface area contributed by atoms with E-state index in [4.69, 9.17) is 4.74 Å². The van der Waals surface area contributed by atoms with Gasteiger partial charge in [-0.3, -0.25) is 9.48 Å². The first-order valence-electron chi connectivity index (χ1n) is 8.43. The van der Waals surface area contributed by atoms with Crippen molar-refractivity contribution in [1.82, 2.24) is 29.6 Å². The van der Waals surface area contributed by atoms with E-state index in [1.54, 1.807) is 23.4 Å². The van der Waals surface area contributed by atoms with E-state index < -0.39 is 0 Å². The van der Waals surface area contributed by atoms with Gasteiger partial charge in [-0.05, 0) is 12.8 Å². The van der Waals surface area contributed by atoms with Crippen LogP contribution in [0.1, 0.15) is 34.3 Å². The number of carbonyl (C=O) groups is 1. The zero-order valence-electron chi connectivity index (χ0n) is 14.6. The van der Waals surface area contributed by atoms with Crippen LogP contribution in [0.3, 0.4) is 0 Å². The van der Waals surface area contributed by atoms with E-state index in [1.807, 2.05) is 31.1 Å². The average Bonchev–Trinajstić information content (AvgIpc) is 3.35. The minimum absolute atomic E-state index is 0.0473. The average molecular weight is 372 g/mol. The Morgan fingerprint density at radius 3 is 2.96 bits per heavy atom. The van der Waals surface area contributed by atoms with Crippen molar-refractivity contribution in [1.29, 1.82) is 0 Å². The lowest BCUT2D eigenvalue weighted by Crippen LogP contribution is -2.39. The molecule has 0 bridgehead atoms. The summed E-state index contributed by atoms with van der Waals surface area (Å²) in [6.45, 7) is 0.615. The van der Waals surface area contributed by atoms with Gasteiger partial charge in [0.25, 0.3) is 5.91 Å². The highest BCUT2D eigenvalue weighted by atomic mass is 32.1. The van der Waals surface area contributed by atoms with Crippen LogP contribution in [0, 0.1) is 0 Å². The molecule has 1 amide bonds. The summed E-state index contributed by atoms with van der Waals surface area (Å²) < 4.78 is 9.53. The Balaban J connectivity index is 1.41. The van der Waals surface area contributed by atoms with E-state index in [0.717, 1.165) is 29.1 Å². The number of hydrogen-bond acceptors (Lipinski definition) is 6. The fourth-order valence-electron chi connectivity index (χ4n) is 3.11. The molecule has 2 atom stereocenters. The number of thiazole rings is 1. The third kappa shape index (κ3) is 3.40. The topological polar surface area (TPSA) is 86.9 Å². The number of aromatic nitrogens is 5. The summed E-state index contributed by atoms with van der Waals surface area (Å²) in [4.78, 5) is 21.7. The number of aryl methyl sites for hydroxylation is 2. The third-order valence-electron chi connectivity index (χ3n) is 4.48. The fraction of sp³-hybridized carbons (Fsp3) is 0.412. The summed E-state index contributed by atoms with van der Waals surface area (Å²) in [7, 11) is 3.81. The molecule has 4 rings (SSSR count). The standard InChI is InChI=1S/C17H20N6O2S/c1-22-10-18-7-13(22)14-5-12(3-4-25-14)21-16(24)15-8-19-17(26-15)11-6-20-23(2)9-11/h6-10,12,14H,3-5H2,1-2H3,(H,21,24). The molecule has 1 aliphatic rings. The van der Waals surface area contributed by atoms with Crippen molar-refractivity contribution in [2.24, 2.45) is 14.1 Å². The number of nitrogens with zero attached hydrogens (tertiary/aromatic N) is 5. The highest BCUT2D eigenvalue weighted by Crippen LogP contribution is 2.28. The van der Waals surface area contributed by atoms with Crippen LogP contribution in [0.5, 0.6) is 0 Å². The highest BCUT2D eigenvalue weighted by molar-refractivity contribution is 7.16. The van der Waals surface area contributed by atoms with Crippen LogP contribution in [0.25, 0.3) is 10.6 Å². The summed E-state index contributed by atoms with van der Waals surface area (Å²) in [6.07, 6.45) is 10.3. The van der Waals surface area contributed by atoms with E-state index >= 15 is 0 Å². The first-order chi connectivity index (χ1) is 12.6. The molecule has 0 spiro atoms. The Labute approximate surface area is 154 Å². The number of amides is 1. The predicted octanol–water partition coefficient (Wildman–Crippen LogP) is 1.93. The number of carbonyl (C=O) groups excluding carboxylic acids is 1. The van der Waals surface area contributed by atoms with Crippen LogP contribution in [0.15, 0.2) is 31.1 Å². The SMILES string of the molecule is Cn1cc(-c2ncc(C(=O)NC3CCOC(c4cncn4C)C3)s2)cn1. The molecule has 136 valence electrons. The van der Waals surface area contributed by atoms with Gasteiger partial charge in [0.1, 0.15) is 16.0 Å². The molecule has 1 saturated heterocycles. The molecule has 3 aromatic rings. The van der Waals surface area contributed by atoms with Gasteiger partial charge in [-0.15, -0.1) is 11.3 Å². The van der Waals surface area contributed by atoms with Gasteiger partial charge in [-0.1, -0.05) is 0 Å². The third-order valence-corrected chi connectivity index (χ3v) is 5.53. The van der Waals surface area contributed by atoms with Crippen LogP contribution >= 0.6 is 11.3 Å². The number of ether oxygens (including phenoxy) is 1. The zero-order chi connectivity index (χ0) is 18.1. The van der Waals surface area contributed by atoms with Crippen LogP contribution in [0.4, 0.5) is 0 Å². The molecule has 0 saturated carbocycles. The first-order valence-corrected chi connectivity index (χ1v) is 9.25. The van der Waals surface area contributed by atoms with Gasteiger partial charge in [-0.2, -0.15) is 5.10 Å². The highest BCUT2D eigenvalue weighted by Gasteiger charge is 2.27. The number of rotatable bonds is 4. The van der Waals surface area contributed by atoms with Crippen molar-refractivity contribution < 1.29 is 9.53 Å². The van der Waals surface area contributed by atoms with Crippen LogP contribution < -0.4 is 5.32 Å². The lowest BCUT2D eigenvalue weighted by atomic mass is 10.0. The van der Waals surface area contributed by atoms with Gasteiger partial charge >= 0.3 is 0 Å². The molecule has 0 aromatic carbocycles. The van der Waals surface area contributed by atoms with Crippen molar-refractivity contribution in [3.05, 3.63) is 41.7 Å². The number of nitrogens with one attached hydrogen (secondary N) is 1. The summed E-state index contributed by atoms with van der Waals surface area (Å²) >= 11 is 1.38. The summed E-state index contributed by atoms with van der Waals surface area (Å²) in [6, 6.07) is 0.0695. The molecule has 4 heterocycles. The summed E-state index contributed by atoms with van der Waals surface area (Å²) in [5.74, 6) is -0.0895. The van der Waals surface area contributed by atoms with Crippen LogP contribution in [-0.4, -0.2) is 42.9 Å². The second-order valence-corrected chi connectivity index (χ2v) is 7.45. The van der Waals surface area contributed by atoms with E-state index in [2.05, 4.69) is 20.4 Å². The molecule has 2 unspecified atom stereocenters. The quantitative estimate of drug-likeness (QED) is 0.756. The molecule has 8 nitrogen and oxygen atoms in total. The molecular weight excluding hydrogens is 352 g/mol. The molecule has 9 heteroatoms. The maximum Gasteiger partial charge on any atom is 0.263 e. The van der Waals surface area contributed by atoms with Gasteiger partial charge in [0.2, 0.25) is 0 Å². The maximum absolute atomic E-state index is 12.6. The molecule has 0 aliphatic carbocycles. The van der Waals surface area contributed by atoms with Gasteiger partial charge in [0, 0.05) is 38.5 Å². The second kappa shape index (κ2) is 7.00. The molecule has 26 heavy (non-hydrogen) atoms. The molecular formula is C17H20N6O2S. The Bertz CT molecular complexity index is 914. The Morgan fingerprint density at radius 1 is 1.35 bits per heavy atom. The lowest BCUT2D eigenvalue weighted by molar-refractivity contribution is -0.00298. The normalized spacial score (nSPS) is 20.2. The van der Waals surface area contributed by atoms with Gasteiger partial charge < -0.3 is 14.6 Å². The zero-order valence-corrected chi connectivity index (χ0v) is 15.4. The van der Waals surface area contributed by atoms with E-state index in [-0.39, 0.29) is 18.1 Å². The molecule has 1 N–H and O–H groups in total. The molecule has 1 fully saturated rings. The lowest BCUT2D eigenvalue weighted by Gasteiger charge is -2.30. The monoisotopic (exact) mass is 372 g/mol. The van der Waals surface area contributed by atoms with Crippen molar-refractivity contribution in [2.45, 2.75) is 25.0 Å². The van der Waals surface area contributed by atoms with Gasteiger partial charge in [0.05, 0.1) is 30.6 Å². The van der Waals surface area contributed by atoms with Gasteiger partial charge in [0.15, 0.2) is 0 Å². The second-order valence-electron chi connectivity index (χ2n) is 6.42. The van der Waals surface area contributed by atoms with Crippen molar-refractivity contribution in [3.8, 4) is 10.6 Å². The Kier molecular flexibility index (Phi) is 4.56. The van der Waals surface area contributed by atoms with Crippen molar-refractivity contribution in [2.75, 3.05) is 6.61 Å². The predicted molar refractivity (Wildman–Crippen MR) is 96.7 cm³/mol. The van der Waals surface area contributed by atoms with Crippen LogP contribution in [0.2, 0.25) is 0 Å². The van der Waals surface area contributed by atoms with E-state index in [1.165, 1.54) is 11.3 Å². The van der Waals surface area contributed by atoms with E-state index in [9.17, 15) is 4.79 Å². The molecule has 1 aliphatic heterocycles. The fourth-order valence-corrected chi connectivity index (χ4v) is 3.91. The summed E-state index contributed by atoms with van der Waals surface area (Å²) in [5.41, 5.74) is 1.94.